The van der Waals surface area contributed by atoms with Gasteiger partial charge in [0.15, 0.2) is 0 Å². The van der Waals surface area contributed by atoms with Crippen LogP contribution in [0.25, 0.3) is 28.3 Å². The van der Waals surface area contributed by atoms with Crippen molar-refractivity contribution in [2.24, 2.45) is 0 Å². The molecule has 1 aliphatic heterocycles. The number of rotatable bonds is 9. The fourth-order valence-corrected chi connectivity index (χ4v) is 6.37. The first-order valence-corrected chi connectivity index (χ1v) is 16.2. The Bertz CT molecular complexity index is 2100. The Morgan fingerprint density at radius 2 is 1.63 bits per heavy atom. The molecule has 1 amide bonds. The van der Waals surface area contributed by atoms with E-state index in [-0.39, 0.29) is 0 Å². The van der Waals surface area contributed by atoms with Crippen LogP contribution in [0.3, 0.4) is 0 Å². The van der Waals surface area contributed by atoms with Crippen LogP contribution in [0.1, 0.15) is 28.8 Å². The number of nitrogens with one attached hydrogen (secondary N) is 2. The van der Waals surface area contributed by atoms with Crippen molar-refractivity contribution < 1.29 is 13.6 Å². The first-order valence-electron chi connectivity index (χ1n) is 16.2. The standard InChI is InChI=1S/C38H36F2N8O/c1-46(2)29-16-20-47(21-17-29)24-25-8-5-10-27(22-25)43-38-41-18-15-32(44-38)36-35(45-33-14-3-4-19-48(33)36)26-9-6-11-28(23-26)42-37(49)34-30(39)12-7-13-31(34)40/h3-15,18-19,22-23,29H,16-17,20-21,24H2,1-2H3,(H,42,49)(H,41,43,44). The van der Waals surface area contributed by atoms with E-state index in [2.05, 4.69) is 51.6 Å². The second-order valence-electron chi connectivity index (χ2n) is 12.4. The maximum Gasteiger partial charge on any atom is 0.261 e. The maximum atomic E-state index is 14.3. The zero-order chi connectivity index (χ0) is 33.9. The van der Waals surface area contributed by atoms with Crippen LogP contribution in [0.2, 0.25) is 0 Å². The smallest absolute Gasteiger partial charge is 0.261 e. The lowest BCUT2D eigenvalue weighted by Crippen LogP contribution is -2.41. The number of imidazole rings is 1. The Hall–Kier alpha value is -5.52. The SMILES string of the molecule is CN(C)C1CCN(Cc2cccc(Nc3nccc(-c4c(-c5cccc(NC(=O)c6c(F)cccc6F)c5)nc5ccccn45)n3)c2)CC1. The Morgan fingerprint density at radius 1 is 0.878 bits per heavy atom. The van der Waals surface area contributed by atoms with Gasteiger partial charge in [0.1, 0.15) is 22.8 Å². The number of piperidine rings is 1. The number of pyridine rings is 1. The quantitative estimate of drug-likeness (QED) is 0.169. The van der Waals surface area contributed by atoms with Crippen molar-refractivity contribution in [3.63, 3.8) is 0 Å². The van der Waals surface area contributed by atoms with Gasteiger partial charge in [-0.3, -0.25) is 14.1 Å². The molecule has 4 heterocycles. The summed E-state index contributed by atoms with van der Waals surface area (Å²) in [6, 6.07) is 26.8. The van der Waals surface area contributed by atoms with Gasteiger partial charge in [0.2, 0.25) is 5.95 Å². The fourth-order valence-electron chi connectivity index (χ4n) is 6.37. The molecule has 0 bridgehead atoms. The molecule has 0 spiro atoms. The topological polar surface area (TPSA) is 90.7 Å². The first kappa shape index (κ1) is 32.0. The summed E-state index contributed by atoms with van der Waals surface area (Å²) in [5.74, 6) is -2.31. The number of nitrogens with zero attached hydrogens (tertiary/aromatic N) is 6. The lowest BCUT2D eigenvalue weighted by atomic mass is 10.0. The summed E-state index contributed by atoms with van der Waals surface area (Å²) < 4.78 is 30.5. The summed E-state index contributed by atoms with van der Waals surface area (Å²) in [6.45, 7) is 3.04. The summed E-state index contributed by atoms with van der Waals surface area (Å²) in [4.78, 5) is 32.0. The van der Waals surface area contributed by atoms with E-state index >= 15 is 0 Å². The van der Waals surface area contributed by atoms with Gasteiger partial charge in [-0.05, 0) is 100 Å². The third-order valence-corrected chi connectivity index (χ3v) is 8.89. The average molecular weight is 659 g/mol. The van der Waals surface area contributed by atoms with Crippen LogP contribution in [0.4, 0.5) is 26.1 Å². The van der Waals surface area contributed by atoms with Gasteiger partial charge in [-0.2, -0.15) is 0 Å². The molecule has 9 nitrogen and oxygen atoms in total. The second kappa shape index (κ2) is 13.9. The highest BCUT2D eigenvalue weighted by atomic mass is 19.1. The van der Waals surface area contributed by atoms with Gasteiger partial charge in [0.05, 0.1) is 17.1 Å². The lowest BCUT2D eigenvalue weighted by molar-refractivity contribution is 0.101. The van der Waals surface area contributed by atoms with E-state index < -0.39 is 23.1 Å². The first-order chi connectivity index (χ1) is 23.8. The van der Waals surface area contributed by atoms with Crippen LogP contribution in [-0.4, -0.2) is 68.3 Å². The van der Waals surface area contributed by atoms with Crippen molar-refractivity contribution in [3.05, 3.63) is 126 Å². The third kappa shape index (κ3) is 7.03. The molecule has 248 valence electrons. The van der Waals surface area contributed by atoms with Crippen molar-refractivity contribution in [3.8, 4) is 22.6 Å². The minimum Gasteiger partial charge on any atom is -0.324 e. The number of carbonyl (C=O) groups excluding carboxylic acids is 1. The van der Waals surface area contributed by atoms with Gasteiger partial charge in [-0.25, -0.2) is 23.7 Å². The maximum absolute atomic E-state index is 14.3. The number of anilines is 3. The fraction of sp³-hybridized carbons (Fsp3) is 0.211. The minimum atomic E-state index is -0.934. The normalized spacial score (nSPS) is 14.0. The number of carbonyl (C=O) groups is 1. The van der Waals surface area contributed by atoms with Crippen molar-refractivity contribution >= 4 is 28.9 Å². The molecular weight excluding hydrogens is 622 g/mol. The van der Waals surface area contributed by atoms with Crippen LogP contribution in [0, 0.1) is 11.6 Å². The van der Waals surface area contributed by atoms with Gasteiger partial charge >= 0.3 is 0 Å². The van der Waals surface area contributed by atoms with E-state index in [4.69, 9.17) is 9.97 Å². The van der Waals surface area contributed by atoms with E-state index in [1.54, 1.807) is 24.4 Å². The van der Waals surface area contributed by atoms with E-state index in [1.165, 1.54) is 24.5 Å². The van der Waals surface area contributed by atoms with E-state index in [1.807, 2.05) is 53.1 Å². The third-order valence-electron chi connectivity index (χ3n) is 8.89. The molecule has 0 radical (unpaired) electrons. The second-order valence-corrected chi connectivity index (χ2v) is 12.4. The summed E-state index contributed by atoms with van der Waals surface area (Å²) in [7, 11) is 4.31. The highest BCUT2D eigenvalue weighted by Gasteiger charge is 2.22. The molecule has 0 aliphatic carbocycles. The van der Waals surface area contributed by atoms with E-state index in [0.29, 0.717) is 40.3 Å². The monoisotopic (exact) mass is 658 g/mol. The van der Waals surface area contributed by atoms with Gasteiger partial charge < -0.3 is 15.5 Å². The van der Waals surface area contributed by atoms with Gasteiger partial charge in [0.25, 0.3) is 5.91 Å². The van der Waals surface area contributed by atoms with Crippen LogP contribution in [-0.2, 0) is 6.54 Å². The predicted octanol–water partition coefficient (Wildman–Crippen LogP) is 7.26. The minimum absolute atomic E-state index is 0.361. The highest BCUT2D eigenvalue weighted by Crippen LogP contribution is 2.34. The van der Waals surface area contributed by atoms with Crippen molar-refractivity contribution in [2.45, 2.75) is 25.4 Å². The molecule has 11 heteroatoms. The number of hydrogen-bond acceptors (Lipinski definition) is 7. The Labute approximate surface area is 283 Å². The number of aromatic nitrogens is 4. The van der Waals surface area contributed by atoms with Crippen molar-refractivity contribution in [1.29, 1.82) is 0 Å². The molecule has 3 aromatic carbocycles. The lowest BCUT2D eigenvalue weighted by Gasteiger charge is -2.35. The Balaban J connectivity index is 1.15. The molecule has 1 aliphatic rings. The molecule has 7 rings (SSSR count). The molecule has 1 saturated heterocycles. The van der Waals surface area contributed by atoms with Gasteiger partial charge in [0, 0.05) is 41.9 Å². The van der Waals surface area contributed by atoms with Crippen LogP contribution in [0.15, 0.2) is 103 Å². The zero-order valence-corrected chi connectivity index (χ0v) is 27.3. The number of hydrogen-bond donors (Lipinski definition) is 2. The number of likely N-dealkylation sites (tertiary alicyclic amines) is 1. The van der Waals surface area contributed by atoms with Crippen molar-refractivity contribution in [1.82, 2.24) is 29.2 Å². The van der Waals surface area contributed by atoms with Gasteiger partial charge in [-0.1, -0.05) is 36.4 Å². The molecular formula is C38H36F2N8O. The predicted molar refractivity (Wildman–Crippen MR) is 188 cm³/mol. The number of amides is 1. The van der Waals surface area contributed by atoms with E-state index in [0.717, 1.165) is 43.1 Å². The molecule has 0 saturated carbocycles. The van der Waals surface area contributed by atoms with Crippen molar-refractivity contribution in [2.75, 3.05) is 37.8 Å². The van der Waals surface area contributed by atoms with Crippen LogP contribution in [0.5, 0.6) is 0 Å². The molecule has 6 aromatic rings. The number of fused-ring (bicyclic) bond motifs is 1. The largest absolute Gasteiger partial charge is 0.324 e. The summed E-state index contributed by atoms with van der Waals surface area (Å²) >= 11 is 0. The Kier molecular flexibility index (Phi) is 9.10. The molecule has 49 heavy (non-hydrogen) atoms. The average Bonchev–Trinajstić information content (AvgIpc) is 3.49. The summed E-state index contributed by atoms with van der Waals surface area (Å²) in [5, 5.41) is 6.00. The summed E-state index contributed by atoms with van der Waals surface area (Å²) in [6.07, 6.45) is 5.95. The van der Waals surface area contributed by atoms with Gasteiger partial charge in [-0.15, -0.1) is 0 Å². The number of halogens is 2. The Morgan fingerprint density at radius 3 is 2.43 bits per heavy atom. The van der Waals surface area contributed by atoms with E-state index in [9.17, 15) is 13.6 Å². The number of benzene rings is 3. The molecule has 0 unspecified atom stereocenters. The molecule has 1 fully saturated rings. The highest BCUT2D eigenvalue weighted by molar-refractivity contribution is 6.05. The van der Waals surface area contributed by atoms with Crippen LogP contribution >= 0.6 is 0 Å². The molecule has 0 atom stereocenters. The zero-order valence-electron chi connectivity index (χ0n) is 27.3. The summed E-state index contributed by atoms with van der Waals surface area (Å²) in [5.41, 5.74) is 5.19. The molecule has 3 aromatic heterocycles. The molecule has 2 N–H and O–H groups in total. The van der Waals surface area contributed by atoms with Crippen LogP contribution < -0.4 is 10.6 Å².